The third-order valence-corrected chi connectivity index (χ3v) is 4.94. The number of pyridine rings is 1. The predicted octanol–water partition coefficient (Wildman–Crippen LogP) is 2.35. The summed E-state index contributed by atoms with van der Waals surface area (Å²) in [5, 5.41) is 3.89. The van der Waals surface area contributed by atoms with E-state index in [-0.39, 0.29) is 18.3 Å². The highest BCUT2D eigenvalue weighted by atomic mass is 16.5. The highest BCUT2D eigenvalue weighted by molar-refractivity contribution is 5.87. The molecule has 1 amide bonds. The SMILES string of the molecule is COC(=O)C1(CNC(=O)Cc2c[nH]c3ncccc23)CCCCC1. The van der Waals surface area contributed by atoms with Crippen molar-refractivity contribution in [2.24, 2.45) is 5.41 Å². The van der Waals surface area contributed by atoms with E-state index >= 15 is 0 Å². The Hall–Kier alpha value is -2.37. The standard InChI is InChI=1S/C18H23N3O3/c1-24-17(23)18(7-3-2-4-8-18)12-21-15(22)10-13-11-20-16-14(13)6-5-9-19-16/h5-6,9,11H,2-4,7-8,10,12H2,1H3,(H,19,20)(H,21,22). The summed E-state index contributed by atoms with van der Waals surface area (Å²) in [6.07, 6.45) is 8.48. The van der Waals surface area contributed by atoms with Crippen LogP contribution in [-0.4, -0.2) is 35.5 Å². The highest BCUT2D eigenvalue weighted by Crippen LogP contribution is 2.36. The van der Waals surface area contributed by atoms with Crippen molar-refractivity contribution in [3.8, 4) is 0 Å². The molecule has 2 N–H and O–H groups in total. The van der Waals surface area contributed by atoms with Crippen LogP contribution in [0.4, 0.5) is 0 Å². The molecule has 1 fully saturated rings. The molecule has 2 aromatic heterocycles. The van der Waals surface area contributed by atoms with Gasteiger partial charge in [0.15, 0.2) is 0 Å². The molecule has 0 radical (unpaired) electrons. The number of esters is 1. The van der Waals surface area contributed by atoms with Gasteiger partial charge in [-0.3, -0.25) is 9.59 Å². The fourth-order valence-corrected chi connectivity index (χ4v) is 3.56. The number of rotatable bonds is 5. The number of amides is 1. The van der Waals surface area contributed by atoms with E-state index in [2.05, 4.69) is 15.3 Å². The predicted molar refractivity (Wildman–Crippen MR) is 90.3 cm³/mol. The Kier molecular flexibility index (Phi) is 4.83. The first-order chi connectivity index (χ1) is 11.6. The van der Waals surface area contributed by atoms with Gasteiger partial charge in [0, 0.05) is 24.3 Å². The molecule has 0 aliphatic heterocycles. The maximum absolute atomic E-state index is 12.4. The summed E-state index contributed by atoms with van der Waals surface area (Å²) in [6, 6.07) is 3.80. The molecule has 6 nitrogen and oxygen atoms in total. The van der Waals surface area contributed by atoms with E-state index in [4.69, 9.17) is 4.74 Å². The van der Waals surface area contributed by atoms with Gasteiger partial charge in [-0.1, -0.05) is 19.3 Å². The van der Waals surface area contributed by atoms with Gasteiger partial charge in [0.25, 0.3) is 0 Å². The number of H-pyrrole nitrogens is 1. The first-order valence-corrected chi connectivity index (χ1v) is 8.41. The number of nitrogens with zero attached hydrogens (tertiary/aromatic N) is 1. The third kappa shape index (κ3) is 3.27. The summed E-state index contributed by atoms with van der Waals surface area (Å²) < 4.78 is 4.99. The van der Waals surface area contributed by atoms with E-state index < -0.39 is 5.41 Å². The molecule has 128 valence electrons. The van der Waals surface area contributed by atoms with Crippen molar-refractivity contribution >= 4 is 22.9 Å². The zero-order valence-electron chi connectivity index (χ0n) is 13.9. The Morgan fingerprint density at radius 1 is 1.33 bits per heavy atom. The average Bonchev–Trinajstić information content (AvgIpc) is 3.03. The number of hydrogen-bond acceptors (Lipinski definition) is 4. The summed E-state index contributed by atoms with van der Waals surface area (Å²) in [4.78, 5) is 31.9. The summed E-state index contributed by atoms with van der Waals surface area (Å²) in [5.41, 5.74) is 1.12. The number of hydrogen-bond donors (Lipinski definition) is 2. The molecule has 24 heavy (non-hydrogen) atoms. The van der Waals surface area contributed by atoms with Gasteiger partial charge in [0.05, 0.1) is 18.9 Å². The van der Waals surface area contributed by atoms with Gasteiger partial charge in [0.2, 0.25) is 5.91 Å². The highest BCUT2D eigenvalue weighted by Gasteiger charge is 2.40. The monoisotopic (exact) mass is 329 g/mol. The number of ether oxygens (including phenoxy) is 1. The Labute approximate surface area is 141 Å². The molecule has 0 unspecified atom stereocenters. The second-order valence-electron chi connectivity index (χ2n) is 6.50. The number of aromatic amines is 1. The smallest absolute Gasteiger partial charge is 0.313 e. The van der Waals surface area contributed by atoms with Crippen LogP contribution in [0, 0.1) is 5.41 Å². The third-order valence-electron chi connectivity index (χ3n) is 4.94. The van der Waals surface area contributed by atoms with E-state index in [1.807, 2.05) is 18.3 Å². The summed E-state index contributed by atoms with van der Waals surface area (Å²) in [5.74, 6) is -0.299. The number of carbonyl (C=O) groups is 2. The molecule has 2 heterocycles. The molecular weight excluding hydrogens is 306 g/mol. The van der Waals surface area contributed by atoms with Gasteiger partial charge in [-0.2, -0.15) is 0 Å². The lowest BCUT2D eigenvalue weighted by Crippen LogP contribution is -2.45. The van der Waals surface area contributed by atoms with Gasteiger partial charge in [-0.25, -0.2) is 4.98 Å². The van der Waals surface area contributed by atoms with Gasteiger partial charge in [0.1, 0.15) is 5.65 Å². The minimum atomic E-state index is -0.565. The second kappa shape index (κ2) is 7.03. The van der Waals surface area contributed by atoms with Crippen molar-refractivity contribution < 1.29 is 14.3 Å². The van der Waals surface area contributed by atoms with Crippen molar-refractivity contribution in [2.75, 3.05) is 13.7 Å². The van der Waals surface area contributed by atoms with Crippen molar-refractivity contribution in [2.45, 2.75) is 38.5 Å². The first-order valence-electron chi connectivity index (χ1n) is 8.41. The number of methoxy groups -OCH3 is 1. The molecule has 0 bridgehead atoms. The van der Waals surface area contributed by atoms with E-state index in [9.17, 15) is 9.59 Å². The van der Waals surface area contributed by atoms with E-state index in [1.165, 1.54) is 7.11 Å². The molecule has 0 aromatic carbocycles. The lowest BCUT2D eigenvalue weighted by molar-refractivity contribution is -0.154. The molecule has 6 heteroatoms. The first kappa shape index (κ1) is 16.5. The number of fused-ring (bicyclic) bond motifs is 1. The average molecular weight is 329 g/mol. The molecule has 1 saturated carbocycles. The normalized spacial score (nSPS) is 16.7. The maximum atomic E-state index is 12.4. The molecule has 0 saturated heterocycles. The topological polar surface area (TPSA) is 84.1 Å². The summed E-state index contributed by atoms with van der Waals surface area (Å²) in [7, 11) is 1.42. The molecule has 3 rings (SSSR count). The van der Waals surface area contributed by atoms with Crippen LogP contribution in [-0.2, 0) is 20.7 Å². The van der Waals surface area contributed by atoms with Crippen LogP contribution in [0.3, 0.4) is 0 Å². The van der Waals surface area contributed by atoms with Crippen LogP contribution in [0.5, 0.6) is 0 Å². The van der Waals surface area contributed by atoms with Crippen molar-refractivity contribution in [1.29, 1.82) is 0 Å². The Morgan fingerprint density at radius 3 is 2.88 bits per heavy atom. The largest absolute Gasteiger partial charge is 0.469 e. The minimum Gasteiger partial charge on any atom is -0.469 e. The van der Waals surface area contributed by atoms with Gasteiger partial charge < -0.3 is 15.0 Å². The molecule has 2 aromatic rings. The molecular formula is C18H23N3O3. The van der Waals surface area contributed by atoms with Crippen LogP contribution in [0.2, 0.25) is 0 Å². The minimum absolute atomic E-state index is 0.0893. The lowest BCUT2D eigenvalue weighted by atomic mass is 9.74. The van der Waals surface area contributed by atoms with E-state index in [1.54, 1.807) is 6.20 Å². The van der Waals surface area contributed by atoms with Gasteiger partial charge in [-0.15, -0.1) is 0 Å². The summed E-state index contributed by atoms with van der Waals surface area (Å²) in [6.45, 7) is 0.346. The second-order valence-corrected chi connectivity index (χ2v) is 6.50. The van der Waals surface area contributed by atoms with Crippen LogP contribution in [0.25, 0.3) is 11.0 Å². The molecule has 0 spiro atoms. The van der Waals surface area contributed by atoms with Crippen molar-refractivity contribution in [1.82, 2.24) is 15.3 Å². The Balaban J connectivity index is 1.64. The Morgan fingerprint density at radius 2 is 2.12 bits per heavy atom. The fourth-order valence-electron chi connectivity index (χ4n) is 3.56. The number of carbonyl (C=O) groups excluding carboxylic acids is 2. The maximum Gasteiger partial charge on any atom is 0.313 e. The summed E-state index contributed by atoms with van der Waals surface area (Å²) >= 11 is 0. The number of nitrogens with one attached hydrogen (secondary N) is 2. The van der Waals surface area contributed by atoms with E-state index in [0.717, 1.165) is 48.7 Å². The lowest BCUT2D eigenvalue weighted by Gasteiger charge is -2.34. The number of aromatic nitrogens is 2. The molecule has 1 aliphatic rings. The van der Waals surface area contributed by atoms with E-state index in [0.29, 0.717) is 6.54 Å². The van der Waals surface area contributed by atoms with Crippen LogP contribution in [0.1, 0.15) is 37.7 Å². The van der Waals surface area contributed by atoms with Gasteiger partial charge in [-0.05, 0) is 30.5 Å². The quantitative estimate of drug-likeness (QED) is 0.825. The van der Waals surface area contributed by atoms with Crippen LogP contribution in [0.15, 0.2) is 24.5 Å². The van der Waals surface area contributed by atoms with Crippen molar-refractivity contribution in [3.05, 3.63) is 30.1 Å². The van der Waals surface area contributed by atoms with Crippen LogP contribution < -0.4 is 5.32 Å². The zero-order valence-corrected chi connectivity index (χ0v) is 13.9. The zero-order chi connectivity index (χ0) is 17.0. The molecule has 0 atom stereocenters. The molecule has 1 aliphatic carbocycles. The van der Waals surface area contributed by atoms with Crippen molar-refractivity contribution in [3.63, 3.8) is 0 Å². The van der Waals surface area contributed by atoms with Crippen LogP contribution >= 0.6 is 0 Å². The Bertz CT molecular complexity index is 732. The van der Waals surface area contributed by atoms with Gasteiger partial charge >= 0.3 is 5.97 Å². The fraction of sp³-hybridized carbons (Fsp3) is 0.500.